The maximum atomic E-state index is 12.7. The summed E-state index contributed by atoms with van der Waals surface area (Å²) in [5, 5.41) is 16.1. The molecule has 0 saturated heterocycles. The van der Waals surface area contributed by atoms with E-state index in [1.807, 2.05) is 13.0 Å². The number of thiophene rings is 1. The van der Waals surface area contributed by atoms with Crippen molar-refractivity contribution in [3.8, 4) is 6.07 Å². The first-order chi connectivity index (χ1) is 13.1. The van der Waals surface area contributed by atoms with Crippen LogP contribution < -0.4 is 10.6 Å². The number of aryl methyl sites for hydroxylation is 1. The van der Waals surface area contributed by atoms with Crippen LogP contribution in [0.2, 0.25) is 0 Å². The average Bonchev–Trinajstić information content (AvgIpc) is 3.21. The molecule has 1 aromatic heterocycles. The number of nitrogens with two attached hydrogens (primary N) is 1. The Hall–Kier alpha value is -2.94. The first kappa shape index (κ1) is 18.8. The lowest BCUT2D eigenvalue weighted by molar-refractivity contribution is -0.703. The number of nitrogens with one attached hydrogen (secondary N) is 1. The van der Waals surface area contributed by atoms with Crippen molar-refractivity contribution >= 4 is 22.9 Å². The fraction of sp³-hybridized carbons (Fsp3) is 0.182. The third-order valence-electron chi connectivity index (χ3n) is 4.44. The van der Waals surface area contributed by atoms with Gasteiger partial charge in [-0.15, -0.1) is 11.3 Å². The predicted molar refractivity (Wildman–Crippen MR) is 109 cm³/mol. The molecule has 3 rings (SSSR count). The Labute approximate surface area is 163 Å². The summed E-state index contributed by atoms with van der Waals surface area (Å²) in [6.45, 7) is 3.97. The van der Waals surface area contributed by atoms with Crippen molar-refractivity contribution in [1.82, 2.24) is 0 Å². The standard InChI is InChI=1S/C22H21N3OS/c1-15-8-10-18(11-9-15)21(20-7-4-12-27-20)24-16(2)22(26)25-19-6-3-5-17(13-19)14-23/h3-13,16,21,24H,1-2H3,(H,25,26)/p+1/t16-,21+/m0/s1. The van der Waals surface area contributed by atoms with E-state index in [4.69, 9.17) is 5.26 Å². The van der Waals surface area contributed by atoms with Crippen LogP contribution in [0.1, 0.15) is 34.5 Å². The van der Waals surface area contributed by atoms with Gasteiger partial charge in [-0.25, -0.2) is 0 Å². The molecule has 2 aromatic carbocycles. The molecule has 0 aliphatic heterocycles. The molecule has 4 nitrogen and oxygen atoms in total. The lowest BCUT2D eigenvalue weighted by atomic mass is 10.0. The minimum absolute atomic E-state index is 0.0665. The van der Waals surface area contributed by atoms with Gasteiger partial charge in [0.15, 0.2) is 6.04 Å². The maximum Gasteiger partial charge on any atom is 0.282 e. The molecule has 0 unspecified atom stereocenters. The Kier molecular flexibility index (Phi) is 6.02. The molecule has 3 N–H and O–H groups in total. The van der Waals surface area contributed by atoms with E-state index in [1.54, 1.807) is 35.6 Å². The van der Waals surface area contributed by atoms with Gasteiger partial charge in [-0.2, -0.15) is 5.26 Å². The molecule has 0 aliphatic carbocycles. The Morgan fingerprint density at radius 2 is 1.93 bits per heavy atom. The zero-order valence-corrected chi connectivity index (χ0v) is 16.2. The van der Waals surface area contributed by atoms with Crippen molar-refractivity contribution in [1.29, 1.82) is 5.26 Å². The molecule has 0 saturated carbocycles. The Bertz CT molecular complexity index is 942. The van der Waals surface area contributed by atoms with Crippen molar-refractivity contribution in [2.75, 3.05) is 5.32 Å². The number of rotatable bonds is 6. The van der Waals surface area contributed by atoms with Gasteiger partial charge < -0.3 is 10.6 Å². The molecule has 27 heavy (non-hydrogen) atoms. The molecule has 1 amide bonds. The average molecular weight is 377 g/mol. The summed E-state index contributed by atoms with van der Waals surface area (Å²) in [5.74, 6) is -0.0845. The number of benzene rings is 2. The zero-order valence-electron chi connectivity index (χ0n) is 15.3. The summed E-state index contributed by atoms with van der Waals surface area (Å²) in [5.41, 5.74) is 3.56. The predicted octanol–water partition coefficient (Wildman–Crippen LogP) is 3.61. The second-order valence-electron chi connectivity index (χ2n) is 6.57. The third-order valence-corrected chi connectivity index (χ3v) is 5.40. The van der Waals surface area contributed by atoms with Gasteiger partial charge in [-0.1, -0.05) is 42.0 Å². The SMILES string of the molecule is Cc1ccc([C@@H]([NH2+][C@@H](C)C(=O)Nc2cccc(C#N)c2)c2cccs2)cc1. The number of hydrogen-bond acceptors (Lipinski definition) is 3. The molecule has 2 atom stereocenters. The van der Waals surface area contributed by atoms with E-state index >= 15 is 0 Å². The Morgan fingerprint density at radius 3 is 2.59 bits per heavy atom. The van der Waals surface area contributed by atoms with E-state index in [1.165, 1.54) is 16.0 Å². The topological polar surface area (TPSA) is 69.5 Å². The zero-order chi connectivity index (χ0) is 19.2. The van der Waals surface area contributed by atoms with Gasteiger partial charge in [0.2, 0.25) is 0 Å². The van der Waals surface area contributed by atoms with Crippen LogP contribution in [-0.2, 0) is 4.79 Å². The lowest BCUT2D eigenvalue weighted by Crippen LogP contribution is -2.92. The molecule has 0 bridgehead atoms. The number of anilines is 1. The highest BCUT2D eigenvalue weighted by molar-refractivity contribution is 7.10. The largest absolute Gasteiger partial charge is 0.326 e. The maximum absolute atomic E-state index is 12.7. The summed E-state index contributed by atoms with van der Waals surface area (Å²) < 4.78 is 0. The lowest BCUT2D eigenvalue weighted by Gasteiger charge is -2.19. The van der Waals surface area contributed by atoms with Gasteiger partial charge in [0.25, 0.3) is 5.91 Å². The quantitative estimate of drug-likeness (QED) is 0.690. The highest BCUT2D eigenvalue weighted by Gasteiger charge is 2.25. The van der Waals surface area contributed by atoms with Crippen molar-refractivity contribution in [3.05, 3.63) is 87.6 Å². The molecule has 0 aliphatic rings. The molecular weight excluding hydrogens is 354 g/mol. The van der Waals surface area contributed by atoms with E-state index in [2.05, 4.69) is 59.3 Å². The minimum atomic E-state index is -0.288. The summed E-state index contributed by atoms with van der Waals surface area (Å²) in [7, 11) is 0. The number of nitrogens with zero attached hydrogens (tertiary/aromatic N) is 1. The van der Waals surface area contributed by atoms with Crippen LogP contribution in [-0.4, -0.2) is 11.9 Å². The number of carbonyl (C=O) groups is 1. The van der Waals surface area contributed by atoms with E-state index in [-0.39, 0.29) is 18.0 Å². The van der Waals surface area contributed by atoms with Crippen LogP contribution in [0.4, 0.5) is 5.69 Å². The number of quaternary nitrogens is 1. The number of nitriles is 1. The van der Waals surface area contributed by atoms with E-state index in [9.17, 15) is 4.79 Å². The van der Waals surface area contributed by atoms with Gasteiger partial charge >= 0.3 is 0 Å². The van der Waals surface area contributed by atoms with Crippen LogP contribution in [0, 0.1) is 18.3 Å². The van der Waals surface area contributed by atoms with Gasteiger partial charge in [0, 0.05) is 11.3 Å². The third kappa shape index (κ3) is 4.82. The van der Waals surface area contributed by atoms with Crippen molar-refractivity contribution in [2.45, 2.75) is 25.9 Å². The second-order valence-corrected chi connectivity index (χ2v) is 7.55. The first-order valence-electron chi connectivity index (χ1n) is 8.83. The Morgan fingerprint density at radius 1 is 1.15 bits per heavy atom. The summed E-state index contributed by atoms with van der Waals surface area (Å²) in [6, 6.07) is 21.4. The van der Waals surface area contributed by atoms with E-state index in [0.29, 0.717) is 11.3 Å². The van der Waals surface area contributed by atoms with Crippen molar-refractivity contribution in [3.63, 3.8) is 0 Å². The second kappa shape index (κ2) is 8.63. The van der Waals surface area contributed by atoms with Gasteiger partial charge in [0.05, 0.1) is 16.5 Å². The summed E-state index contributed by atoms with van der Waals surface area (Å²) in [6.07, 6.45) is 0. The molecule has 0 spiro atoms. The smallest absolute Gasteiger partial charge is 0.282 e. The highest BCUT2D eigenvalue weighted by atomic mass is 32.1. The normalized spacial score (nSPS) is 12.8. The van der Waals surface area contributed by atoms with Crippen molar-refractivity contribution < 1.29 is 10.1 Å². The number of hydrogen-bond donors (Lipinski definition) is 2. The molecule has 0 radical (unpaired) electrons. The molecule has 0 fully saturated rings. The van der Waals surface area contributed by atoms with Gasteiger partial charge in [0.1, 0.15) is 6.04 Å². The van der Waals surface area contributed by atoms with Crippen LogP contribution in [0.15, 0.2) is 66.0 Å². The Balaban J connectivity index is 1.75. The fourth-order valence-corrected chi connectivity index (χ4v) is 3.74. The van der Waals surface area contributed by atoms with Gasteiger partial charge in [-0.3, -0.25) is 4.79 Å². The fourth-order valence-electron chi connectivity index (χ4n) is 2.91. The molecular formula is C22H22N3OS+. The van der Waals surface area contributed by atoms with Crippen LogP contribution in [0.25, 0.3) is 0 Å². The molecule has 1 heterocycles. The molecule has 3 aromatic rings. The van der Waals surface area contributed by atoms with Crippen LogP contribution in [0.3, 0.4) is 0 Å². The summed E-state index contributed by atoms with van der Waals surface area (Å²) in [4.78, 5) is 13.9. The monoisotopic (exact) mass is 376 g/mol. The van der Waals surface area contributed by atoms with E-state index in [0.717, 1.165) is 0 Å². The minimum Gasteiger partial charge on any atom is -0.326 e. The highest BCUT2D eigenvalue weighted by Crippen LogP contribution is 2.23. The number of carbonyl (C=O) groups excluding carboxylic acids is 1. The van der Waals surface area contributed by atoms with Gasteiger partial charge in [-0.05, 0) is 43.5 Å². The van der Waals surface area contributed by atoms with E-state index < -0.39 is 0 Å². The molecule has 5 heteroatoms. The first-order valence-corrected chi connectivity index (χ1v) is 9.71. The summed E-state index contributed by atoms with van der Waals surface area (Å²) >= 11 is 1.69. The van der Waals surface area contributed by atoms with Crippen LogP contribution in [0.5, 0.6) is 0 Å². The van der Waals surface area contributed by atoms with Crippen molar-refractivity contribution in [2.24, 2.45) is 0 Å². The molecule has 136 valence electrons. The number of amides is 1. The van der Waals surface area contributed by atoms with Crippen LogP contribution >= 0.6 is 11.3 Å².